The zero-order valence-corrected chi connectivity index (χ0v) is 8.39. The number of hydrogen-bond donors (Lipinski definition) is 2. The van der Waals surface area contributed by atoms with Crippen LogP contribution in [-0.2, 0) is 6.18 Å². The van der Waals surface area contributed by atoms with Gasteiger partial charge < -0.3 is 11.5 Å². The summed E-state index contributed by atoms with van der Waals surface area (Å²) in [4.78, 5) is 18.2. The Labute approximate surface area is 96.3 Å². The molecule has 1 aromatic carbocycles. The minimum absolute atomic E-state index is 0.466. The highest BCUT2D eigenvalue weighted by Gasteiger charge is 2.46. The van der Waals surface area contributed by atoms with E-state index in [-0.39, 0.29) is 0 Å². The van der Waals surface area contributed by atoms with E-state index in [2.05, 4.69) is 0 Å². The van der Waals surface area contributed by atoms with E-state index in [1.807, 2.05) is 0 Å². The Balaban J connectivity index is 3.87. The molecule has 0 atom stereocenters. The Morgan fingerprint density at radius 3 is 1.78 bits per heavy atom. The van der Waals surface area contributed by atoms with Crippen LogP contribution in [0.5, 0.6) is 0 Å². The van der Waals surface area contributed by atoms with Crippen LogP contribution >= 0.6 is 0 Å². The van der Waals surface area contributed by atoms with Crippen molar-refractivity contribution in [3.05, 3.63) is 31.9 Å². The molecule has 0 aliphatic rings. The number of halogens is 3. The molecule has 0 saturated carbocycles. The van der Waals surface area contributed by atoms with Gasteiger partial charge in [-0.2, -0.15) is 13.2 Å². The molecule has 1 aromatic rings. The fourth-order valence-electron chi connectivity index (χ4n) is 1.37. The highest BCUT2D eigenvalue weighted by atomic mass is 19.4. The zero-order chi connectivity index (χ0) is 14.2. The fraction of sp³-hybridized carbons (Fsp3) is 0.143. The Morgan fingerprint density at radius 1 is 1.00 bits per heavy atom. The maximum atomic E-state index is 12.6. The molecule has 98 valence electrons. The SMILES string of the molecule is Nc1cc(N)c(C(F)(F)F)c([N+](=O)[O-])c1[N+](=O)[O-]. The van der Waals surface area contributed by atoms with Crippen molar-refractivity contribution in [2.75, 3.05) is 11.5 Å². The number of rotatable bonds is 2. The summed E-state index contributed by atoms with van der Waals surface area (Å²) in [7, 11) is 0. The molecule has 0 radical (unpaired) electrons. The van der Waals surface area contributed by atoms with Crippen LogP contribution in [0, 0.1) is 20.2 Å². The summed E-state index contributed by atoms with van der Waals surface area (Å²) in [5.74, 6) is 0. The normalized spacial score (nSPS) is 11.3. The lowest BCUT2D eigenvalue weighted by Gasteiger charge is -2.11. The molecule has 0 aliphatic heterocycles. The van der Waals surface area contributed by atoms with Crippen LogP contribution < -0.4 is 11.5 Å². The van der Waals surface area contributed by atoms with E-state index in [4.69, 9.17) is 11.5 Å². The third-order valence-corrected chi connectivity index (χ3v) is 1.98. The lowest BCUT2D eigenvalue weighted by molar-refractivity contribution is -0.423. The molecule has 0 aliphatic carbocycles. The first kappa shape index (κ1) is 13.5. The molecule has 0 heterocycles. The molecule has 0 unspecified atom stereocenters. The molecule has 0 fully saturated rings. The Hall–Kier alpha value is -2.59. The summed E-state index contributed by atoms with van der Waals surface area (Å²) in [6, 6.07) is 0.466. The van der Waals surface area contributed by atoms with Crippen LogP contribution in [0.2, 0.25) is 0 Å². The Morgan fingerprint density at radius 2 is 1.44 bits per heavy atom. The number of benzene rings is 1. The zero-order valence-electron chi connectivity index (χ0n) is 8.39. The van der Waals surface area contributed by atoms with Crippen LogP contribution in [0.25, 0.3) is 0 Å². The van der Waals surface area contributed by atoms with Gasteiger partial charge in [0.05, 0.1) is 15.5 Å². The molecule has 8 nitrogen and oxygen atoms in total. The quantitative estimate of drug-likeness (QED) is 0.474. The van der Waals surface area contributed by atoms with Crippen LogP contribution in [0.1, 0.15) is 5.56 Å². The van der Waals surface area contributed by atoms with E-state index in [1.54, 1.807) is 0 Å². The first-order valence-corrected chi connectivity index (χ1v) is 4.15. The highest BCUT2D eigenvalue weighted by Crippen LogP contribution is 2.47. The summed E-state index contributed by atoms with van der Waals surface area (Å²) in [6.07, 6.45) is -5.20. The number of nitrogens with two attached hydrogens (primary N) is 2. The van der Waals surface area contributed by atoms with Gasteiger partial charge in [-0.05, 0) is 6.07 Å². The van der Waals surface area contributed by atoms with Gasteiger partial charge in [0, 0.05) is 0 Å². The van der Waals surface area contributed by atoms with Gasteiger partial charge in [0.1, 0.15) is 5.69 Å². The third-order valence-electron chi connectivity index (χ3n) is 1.98. The smallest absolute Gasteiger partial charge is 0.398 e. The van der Waals surface area contributed by atoms with Crippen molar-refractivity contribution in [3.63, 3.8) is 0 Å². The van der Waals surface area contributed by atoms with E-state index in [0.29, 0.717) is 6.07 Å². The number of nitro benzene ring substituents is 2. The van der Waals surface area contributed by atoms with Crippen molar-refractivity contribution in [1.82, 2.24) is 0 Å². The molecule has 0 amide bonds. The van der Waals surface area contributed by atoms with Gasteiger partial charge in [0.15, 0.2) is 5.56 Å². The predicted octanol–water partition coefficient (Wildman–Crippen LogP) is 1.69. The van der Waals surface area contributed by atoms with Crippen LogP contribution in [0.15, 0.2) is 6.07 Å². The largest absolute Gasteiger partial charge is 0.425 e. The molecule has 4 N–H and O–H groups in total. The first-order valence-electron chi connectivity index (χ1n) is 4.15. The summed E-state index contributed by atoms with van der Waals surface area (Å²) in [5, 5.41) is 21.1. The molecular weight excluding hydrogens is 261 g/mol. The lowest BCUT2D eigenvalue weighted by Crippen LogP contribution is -2.15. The number of nitrogens with zero attached hydrogens (tertiary/aromatic N) is 2. The number of hydrogen-bond acceptors (Lipinski definition) is 6. The summed E-state index contributed by atoms with van der Waals surface area (Å²) in [5.41, 5.74) is 3.15. The van der Waals surface area contributed by atoms with E-state index in [0.717, 1.165) is 0 Å². The van der Waals surface area contributed by atoms with Gasteiger partial charge in [-0.1, -0.05) is 0 Å². The van der Waals surface area contributed by atoms with Crippen LogP contribution in [0.4, 0.5) is 35.9 Å². The van der Waals surface area contributed by atoms with E-state index >= 15 is 0 Å². The average molecular weight is 266 g/mol. The first-order chi connectivity index (χ1) is 8.07. The maximum absolute atomic E-state index is 12.6. The molecule has 0 aromatic heterocycles. The third kappa shape index (κ3) is 2.09. The molecule has 0 bridgehead atoms. The average Bonchev–Trinajstić information content (AvgIpc) is 2.12. The Kier molecular flexibility index (Phi) is 3.00. The standard InChI is InChI=1S/C7H5F3N4O4/c8-7(9,10)4-2(11)1-3(12)5(13(15)16)6(4)14(17)18/h1H,11-12H2. The topological polar surface area (TPSA) is 138 Å². The van der Waals surface area contributed by atoms with E-state index in [9.17, 15) is 33.4 Å². The molecular formula is C7H5F3N4O4. The van der Waals surface area contributed by atoms with Gasteiger partial charge in [-0.15, -0.1) is 0 Å². The van der Waals surface area contributed by atoms with Gasteiger partial charge in [0.25, 0.3) is 0 Å². The monoisotopic (exact) mass is 266 g/mol. The summed E-state index contributed by atoms with van der Waals surface area (Å²) in [6.45, 7) is 0. The second-order valence-electron chi connectivity index (χ2n) is 3.14. The van der Waals surface area contributed by atoms with Crippen molar-refractivity contribution < 1.29 is 23.0 Å². The molecule has 0 spiro atoms. The second kappa shape index (κ2) is 4.01. The van der Waals surface area contributed by atoms with Crippen molar-refractivity contribution in [3.8, 4) is 0 Å². The minimum atomic E-state index is -5.20. The van der Waals surface area contributed by atoms with Crippen molar-refractivity contribution in [2.45, 2.75) is 6.18 Å². The second-order valence-corrected chi connectivity index (χ2v) is 3.14. The van der Waals surface area contributed by atoms with Gasteiger partial charge in [-0.25, -0.2) is 0 Å². The van der Waals surface area contributed by atoms with Gasteiger partial charge in [0.2, 0.25) is 0 Å². The predicted molar refractivity (Wildman–Crippen MR) is 53.6 cm³/mol. The van der Waals surface area contributed by atoms with Crippen LogP contribution in [0.3, 0.4) is 0 Å². The highest BCUT2D eigenvalue weighted by molar-refractivity contribution is 5.79. The summed E-state index contributed by atoms with van der Waals surface area (Å²) >= 11 is 0. The van der Waals surface area contributed by atoms with Crippen molar-refractivity contribution in [1.29, 1.82) is 0 Å². The fourth-order valence-corrected chi connectivity index (χ4v) is 1.37. The van der Waals surface area contributed by atoms with Crippen molar-refractivity contribution in [2.24, 2.45) is 0 Å². The van der Waals surface area contributed by atoms with E-state index < -0.39 is 44.3 Å². The molecule has 0 saturated heterocycles. The molecule has 1 rings (SSSR count). The molecule has 11 heteroatoms. The number of anilines is 2. The number of alkyl halides is 3. The van der Waals surface area contributed by atoms with Crippen molar-refractivity contribution >= 4 is 22.7 Å². The number of nitrogen functional groups attached to an aromatic ring is 2. The summed E-state index contributed by atoms with van der Waals surface area (Å²) < 4.78 is 37.8. The van der Waals surface area contributed by atoms with Gasteiger partial charge >= 0.3 is 17.6 Å². The molecule has 18 heavy (non-hydrogen) atoms. The minimum Gasteiger partial charge on any atom is -0.398 e. The van der Waals surface area contributed by atoms with Crippen LogP contribution in [-0.4, -0.2) is 9.85 Å². The lowest BCUT2D eigenvalue weighted by atomic mass is 10.1. The number of nitro groups is 2. The van der Waals surface area contributed by atoms with E-state index in [1.165, 1.54) is 0 Å². The Bertz CT molecular complexity index is 542. The van der Waals surface area contributed by atoms with Gasteiger partial charge in [-0.3, -0.25) is 20.2 Å². The maximum Gasteiger partial charge on any atom is 0.425 e.